The van der Waals surface area contributed by atoms with Crippen molar-refractivity contribution in [1.82, 2.24) is 9.97 Å². The number of aryl methyl sites for hydroxylation is 1. The van der Waals surface area contributed by atoms with Crippen molar-refractivity contribution in [1.29, 1.82) is 0 Å². The number of halogens is 2. The lowest BCUT2D eigenvalue weighted by Crippen LogP contribution is -2.00. The van der Waals surface area contributed by atoms with Gasteiger partial charge in [0.05, 0.1) is 11.4 Å². The summed E-state index contributed by atoms with van der Waals surface area (Å²) >= 11 is 7.32. The molecule has 1 aromatic heterocycles. The van der Waals surface area contributed by atoms with Gasteiger partial charge in [0.1, 0.15) is 5.82 Å². The molecule has 0 saturated carbocycles. The zero-order valence-corrected chi connectivity index (χ0v) is 9.75. The Morgan fingerprint density at radius 3 is 2.71 bits per heavy atom. The van der Waals surface area contributed by atoms with Gasteiger partial charge >= 0.3 is 0 Å². The normalized spacial score (nSPS) is 10.6. The lowest BCUT2D eigenvalue weighted by Gasteiger charge is -2.02. The van der Waals surface area contributed by atoms with Crippen LogP contribution in [-0.4, -0.2) is 15.7 Å². The highest BCUT2D eigenvalue weighted by Crippen LogP contribution is 2.16. The molecule has 0 atom stereocenters. The topological polar surface area (TPSA) is 25.8 Å². The SMILES string of the molecule is CCCSCc1nc(C)c(F)c(Cl)n1. The summed E-state index contributed by atoms with van der Waals surface area (Å²) < 4.78 is 13.0. The third-order valence-electron chi connectivity index (χ3n) is 1.60. The van der Waals surface area contributed by atoms with Crippen LogP contribution in [0.25, 0.3) is 0 Å². The molecule has 1 heterocycles. The first-order valence-corrected chi connectivity index (χ1v) is 5.94. The maximum Gasteiger partial charge on any atom is 0.181 e. The zero-order valence-electron chi connectivity index (χ0n) is 8.18. The molecular weight excluding hydrogens is 223 g/mol. The summed E-state index contributed by atoms with van der Waals surface area (Å²) in [6, 6.07) is 0. The van der Waals surface area contributed by atoms with E-state index in [0.29, 0.717) is 17.3 Å². The summed E-state index contributed by atoms with van der Waals surface area (Å²) in [7, 11) is 0. The van der Waals surface area contributed by atoms with Crippen molar-refractivity contribution in [3.63, 3.8) is 0 Å². The molecule has 0 aromatic carbocycles. The quantitative estimate of drug-likeness (QED) is 0.591. The van der Waals surface area contributed by atoms with Crippen LogP contribution in [0.5, 0.6) is 0 Å². The molecule has 0 fully saturated rings. The second-order valence-electron chi connectivity index (χ2n) is 2.88. The average Bonchev–Trinajstić information content (AvgIpc) is 2.14. The van der Waals surface area contributed by atoms with Gasteiger partial charge in [-0.05, 0) is 19.1 Å². The number of aromatic nitrogens is 2. The summed E-state index contributed by atoms with van der Waals surface area (Å²) in [5.74, 6) is 1.83. The summed E-state index contributed by atoms with van der Waals surface area (Å²) in [5, 5.41) is -0.0791. The Morgan fingerprint density at radius 1 is 1.43 bits per heavy atom. The number of nitrogens with zero attached hydrogens (tertiary/aromatic N) is 2. The fourth-order valence-electron chi connectivity index (χ4n) is 0.952. The van der Waals surface area contributed by atoms with E-state index < -0.39 is 5.82 Å². The van der Waals surface area contributed by atoms with Crippen molar-refractivity contribution < 1.29 is 4.39 Å². The molecule has 2 nitrogen and oxygen atoms in total. The second kappa shape index (κ2) is 5.51. The molecule has 78 valence electrons. The van der Waals surface area contributed by atoms with Crippen LogP contribution < -0.4 is 0 Å². The van der Waals surface area contributed by atoms with Crippen molar-refractivity contribution in [2.24, 2.45) is 0 Å². The van der Waals surface area contributed by atoms with Crippen LogP contribution >= 0.6 is 23.4 Å². The van der Waals surface area contributed by atoms with Crippen molar-refractivity contribution >= 4 is 23.4 Å². The average molecular weight is 235 g/mol. The predicted molar refractivity (Wildman–Crippen MR) is 58.2 cm³/mol. The second-order valence-corrected chi connectivity index (χ2v) is 4.35. The van der Waals surface area contributed by atoms with Gasteiger partial charge in [0.25, 0.3) is 0 Å². The fourth-order valence-corrected chi connectivity index (χ4v) is 1.93. The fraction of sp³-hybridized carbons (Fsp3) is 0.556. The van der Waals surface area contributed by atoms with Crippen LogP contribution in [0.15, 0.2) is 0 Å². The molecule has 0 N–H and O–H groups in total. The number of hydrogen-bond donors (Lipinski definition) is 0. The highest BCUT2D eigenvalue weighted by atomic mass is 35.5. The maximum atomic E-state index is 13.0. The smallest absolute Gasteiger partial charge is 0.181 e. The summed E-state index contributed by atoms with van der Waals surface area (Å²) in [6.45, 7) is 3.70. The van der Waals surface area contributed by atoms with Crippen LogP contribution in [0.4, 0.5) is 4.39 Å². The minimum atomic E-state index is -0.518. The van der Waals surface area contributed by atoms with E-state index in [4.69, 9.17) is 11.6 Å². The molecule has 0 aliphatic heterocycles. The molecule has 5 heteroatoms. The summed E-state index contributed by atoms with van der Waals surface area (Å²) in [4.78, 5) is 7.88. The van der Waals surface area contributed by atoms with E-state index in [1.807, 2.05) is 0 Å². The Bertz CT molecular complexity index is 297. The first kappa shape index (κ1) is 11.7. The Balaban J connectivity index is 2.69. The van der Waals surface area contributed by atoms with Gasteiger partial charge in [0, 0.05) is 0 Å². The predicted octanol–water partition coefficient (Wildman–Crippen LogP) is 3.22. The largest absolute Gasteiger partial charge is 0.234 e. The lowest BCUT2D eigenvalue weighted by molar-refractivity contribution is 0.598. The van der Waals surface area contributed by atoms with E-state index in [1.165, 1.54) is 0 Å². The van der Waals surface area contributed by atoms with Crippen LogP contribution in [0.3, 0.4) is 0 Å². The molecule has 0 radical (unpaired) electrons. The van der Waals surface area contributed by atoms with Crippen molar-refractivity contribution in [2.45, 2.75) is 26.0 Å². The van der Waals surface area contributed by atoms with E-state index in [2.05, 4.69) is 16.9 Å². The maximum absolute atomic E-state index is 13.0. The van der Waals surface area contributed by atoms with Gasteiger partial charge in [0.2, 0.25) is 0 Å². The molecule has 0 unspecified atom stereocenters. The highest BCUT2D eigenvalue weighted by molar-refractivity contribution is 7.98. The molecule has 0 aliphatic carbocycles. The number of thioether (sulfide) groups is 1. The van der Waals surface area contributed by atoms with Gasteiger partial charge in [-0.1, -0.05) is 18.5 Å². The van der Waals surface area contributed by atoms with Gasteiger partial charge in [-0.15, -0.1) is 0 Å². The standard InChI is InChI=1S/C9H12ClFN2S/c1-3-4-14-5-7-12-6(2)8(11)9(10)13-7/h3-5H2,1-2H3. The van der Waals surface area contributed by atoms with Gasteiger partial charge < -0.3 is 0 Å². The Morgan fingerprint density at radius 2 is 2.14 bits per heavy atom. The third-order valence-corrected chi connectivity index (χ3v) is 3.01. The molecule has 1 aromatic rings. The molecule has 0 aliphatic rings. The zero-order chi connectivity index (χ0) is 10.6. The van der Waals surface area contributed by atoms with Crippen LogP contribution in [0, 0.1) is 12.7 Å². The minimum Gasteiger partial charge on any atom is -0.234 e. The van der Waals surface area contributed by atoms with Crippen LogP contribution in [0.1, 0.15) is 24.9 Å². The summed E-state index contributed by atoms with van der Waals surface area (Å²) in [6.07, 6.45) is 1.11. The molecular formula is C9H12ClFN2S. The lowest BCUT2D eigenvalue weighted by atomic mass is 10.4. The Kier molecular flexibility index (Phi) is 4.62. The molecule has 0 saturated heterocycles. The van der Waals surface area contributed by atoms with Crippen molar-refractivity contribution in [2.75, 3.05) is 5.75 Å². The van der Waals surface area contributed by atoms with E-state index in [-0.39, 0.29) is 5.15 Å². The number of rotatable bonds is 4. The van der Waals surface area contributed by atoms with E-state index in [1.54, 1.807) is 18.7 Å². The van der Waals surface area contributed by atoms with Crippen molar-refractivity contribution in [3.05, 3.63) is 22.5 Å². The Hall–Kier alpha value is -0.350. The van der Waals surface area contributed by atoms with Gasteiger partial charge in [-0.3, -0.25) is 0 Å². The highest BCUT2D eigenvalue weighted by Gasteiger charge is 2.08. The third kappa shape index (κ3) is 3.10. The molecule has 1 rings (SSSR count). The van der Waals surface area contributed by atoms with Gasteiger partial charge in [0.15, 0.2) is 11.0 Å². The minimum absolute atomic E-state index is 0.0791. The molecule has 14 heavy (non-hydrogen) atoms. The van der Waals surface area contributed by atoms with Crippen LogP contribution in [0.2, 0.25) is 5.15 Å². The van der Waals surface area contributed by atoms with Crippen molar-refractivity contribution in [3.8, 4) is 0 Å². The molecule has 0 spiro atoms. The van der Waals surface area contributed by atoms with Gasteiger partial charge in [-0.2, -0.15) is 11.8 Å². The van der Waals surface area contributed by atoms with E-state index >= 15 is 0 Å². The first-order chi connectivity index (χ1) is 6.65. The summed E-state index contributed by atoms with van der Waals surface area (Å²) in [5.41, 5.74) is 0.317. The number of hydrogen-bond acceptors (Lipinski definition) is 3. The monoisotopic (exact) mass is 234 g/mol. The molecule has 0 amide bonds. The first-order valence-electron chi connectivity index (χ1n) is 4.41. The van der Waals surface area contributed by atoms with E-state index in [0.717, 1.165) is 12.2 Å². The Labute approximate surface area is 92.3 Å². The van der Waals surface area contributed by atoms with E-state index in [9.17, 15) is 4.39 Å². The molecule has 0 bridgehead atoms. The van der Waals surface area contributed by atoms with Crippen LogP contribution in [-0.2, 0) is 5.75 Å². The van der Waals surface area contributed by atoms with Gasteiger partial charge in [-0.25, -0.2) is 14.4 Å².